The Balaban J connectivity index is 1.37. The fraction of sp³-hybridized carbons (Fsp3) is 0.467. The summed E-state index contributed by atoms with van der Waals surface area (Å²) in [6.07, 6.45) is 8.68. The maximum atomic E-state index is 12.8. The molecule has 204 valence electrons. The van der Waals surface area contributed by atoms with Crippen molar-refractivity contribution >= 4 is 40.0 Å². The molecule has 0 aliphatic heterocycles. The first-order chi connectivity index (χ1) is 18.0. The second kappa shape index (κ2) is 13.4. The molecule has 1 aromatic heterocycles. The molecule has 0 saturated heterocycles. The van der Waals surface area contributed by atoms with Crippen LogP contribution in [-0.2, 0) is 16.0 Å². The third kappa shape index (κ3) is 7.23. The largest absolute Gasteiger partial charge is 0.320 e. The van der Waals surface area contributed by atoms with Crippen molar-refractivity contribution in [3.63, 3.8) is 0 Å². The molecule has 3 rings (SSSR count). The summed E-state index contributed by atoms with van der Waals surface area (Å²) in [6.45, 7) is 24.4. The van der Waals surface area contributed by atoms with Gasteiger partial charge in [-0.3, -0.25) is 14.9 Å². The molecule has 38 heavy (non-hydrogen) atoms. The predicted molar refractivity (Wildman–Crippen MR) is 160 cm³/mol. The zero-order valence-corrected chi connectivity index (χ0v) is 24.7. The lowest BCUT2D eigenvalue weighted by atomic mass is 9.99. The van der Waals surface area contributed by atoms with Gasteiger partial charge in [0.15, 0.2) is 0 Å². The highest BCUT2D eigenvalue weighted by atomic mass is 32.2. The van der Waals surface area contributed by atoms with Crippen molar-refractivity contribution in [1.82, 2.24) is 15.5 Å². The van der Waals surface area contributed by atoms with Crippen LogP contribution in [0.4, 0.5) is 5.13 Å². The number of carbonyl (C=O) groups is 2. The number of carbonyl (C=O) groups excluding carboxylic acids is 2. The number of anilines is 1. The van der Waals surface area contributed by atoms with E-state index in [4.69, 9.17) is 0 Å². The fourth-order valence-corrected chi connectivity index (χ4v) is 6.74. The van der Waals surface area contributed by atoms with Gasteiger partial charge in [-0.15, -0.1) is 10.2 Å². The Hall–Kier alpha value is -2.71. The highest BCUT2D eigenvalue weighted by molar-refractivity contribution is 8.06. The molecule has 1 heterocycles. The summed E-state index contributed by atoms with van der Waals surface area (Å²) >= 11 is 2.85. The standard InChI is InChI=1S/C30H40N4O2S2/c1-9-23-20(6)17(3)15-25(23)28(35)31-22(8)37-19(5)13-11-12-14-27-33-34-30(38-27)32-29(36)26-16-18(4)21(7)24(26)10-2/h9-10,17-18,25-26H,1-2,5,8,11-16H2,3-4,6-7H3,(H,31,35)(H,32,34,36). The van der Waals surface area contributed by atoms with E-state index in [1.165, 1.54) is 34.2 Å². The van der Waals surface area contributed by atoms with Crippen LogP contribution in [0.5, 0.6) is 0 Å². The molecular weight excluding hydrogens is 512 g/mol. The van der Waals surface area contributed by atoms with Crippen LogP contribution in [0.2, 0.25) is 0 Å². The Kier molecular flexibility index (Phi) is 10.5. The van der Waals surface area contributed by atoms with Crippen LogP contribution in [0, 0.1) is 23.7 Å². The van der Waals surface area contributed by atoms with Gasteiger partial charge in [0.05, 0.1) is 16.9 Å². The number of aromatic nitrogens is 2. The van der Waals surface area contributed by atoms with Gasteiger partial charge in [0.25, 0.3) is 0 Å². The summed E-state index contributed by atoms with van der Waals surface area (Å²) in [5, 5.41) is 16.3. The van der Waals surface area contributed by atoms with Crippen LogP contribution >= 0.6 is 23.1 Å². The van der Waals surface area contributed by atoms with Crippen molar-refractivity contribution in [1.29, 1.82) is 0 Å². The van der Waals surface area contributed by atoms with Crippen molar-refractivity contribution < 1.29 is 9.59 Å². The first kappa shape index (κ1) is 29.8. The van der Waals surface area contributed by atoms with Crippen molar-refractivity contribution in [2.24, 2.45) is 23.7 Å². The smallest absolute Gasteiger partial charge is 0.233 e. The van der Waals surface area contributed by atoms with Gasteiger partial charge in [-0.25, -0.2) is 0 Å². The molecule has 4 unspecified atom stereocenters. The number of nitrogens with zero attached hydrogens (tertiary/aromatic N) is 2. The zero-order valence-electron chi connectivity index (χ0n) is 23.1. The SMILES string of the molecule is C=CC1=C(C)C(C)CC1C(=O)NC(=C)SC(=C)CCCCc1nnc(NC(=O)C2CC(C)C(C)=C2C=C)s1. The average molecular weight is 553 g/mol. The number of nitrogens with one attached hydrogen (secondary N) is 2. The van der Waals surface area contributed by atoms with E-state index in [9.17, 15) is 9.59 Å². The zero-order chi connectivity index (χ0) is 28.0. The minimum atomic E-state index is -0.177. The highest BCUT2D eigenvalue weighted by Gasteiger charge is 2.33. The van der Waals surface area contributed by atoms with Gasteiger partial charge < -0.3 is 5.32 Å². The van der Waals surface area contributed by atoms with Crippen LogP contribution in [-0.4, -0.2) is 22.0 Å². The maximum Gasteiger partial charge on any atom is 0.233 e. The number of thioether (sulfide) groups is 1. The summed E-state index contributed by atoms with van der Waals surface area (Å²) in [5.41, 5.74) is 4.54. The van der Waals surface area contributed by atoms with Gasteiger partial charge in [0.1, 0.15) is 5.01 Å². The van der Waals surface area contributed by atoms with E-state index >= 15 is 0 Å². The molecule has 0 saturated carbocycles. The Labute approximate surface area is 235 Å². The Morgan fingerprint density at radius 1 is 0.974 bits per heavy atom. The molecule has 0 fully saturated rings. The molecular formula is C30H40N4O2S2. The topological polar surface area (TPSA) is 84.0 Å². The molecule has 2 N–H and O–H groups in total. The van der Waals surface area contributed by atoms with E-state index < -0.39 is 0 Å². The van der Waals surface area contributed by atoms with Crippen LogP contribution in [0.3, 0.4) is 0 Å². The quantitative estimate of drug-likeness (QED) is 0.250. The normalized spacial score (nSPS) is 22.9. The Morgan fingerprint density at radius 2 is 1.55 bits per heavy atom. The van der Waals surface area contributed by atoms with Gasteiger partial charge in [-0.05, 0) is 73.8 Å². The summed E-state index contributed by atoms with van der Waals surface area (Å²) in [6, 6.07) is 0. The number of rotatable bonds is 13. The monoisotopic (exact) mass is 552 g/mol. The van der Waals surface area contributed by atoms with E-state index in [1.807, 2.05) is 0 Å². The first-order valence-electron chi connectivity index (χ1n) is 13.2. The fourth-order valence-electron chi connectivity index (χ4n) is 5.21. The Morgan fingerprint density at radius 3 is 2.13 bits per heavy atom. The van der Waals surface area contributed by atoms with E-state index in [-0.39, 0.29) is 23.7 Å². The van der Waals surface area contributed by atoms with Gasteiger partial charge in [-0.1, -0.05) is 86.6 Å². The molecule has 0 spiro atoms. The molecule has 2 aliphatic rings. The third-order valence-corrected chi connectivity index (χ3v) is 9.45. The number of aryl methyl sites for hydroxylation is 1. The molecule has 8 heteroatoms. The van der Waals surface area contributed by atoms with E-state index in [0.717, 1.165) is 59.6 Å². The van der Waals surface area contributed by atoms with Gasteiger partial charge >= 0.3 is 0 Å². The number of unbranched alkanes of at least 4 members (excludes halogenated alkanes) is 1. The number of allylic oxidation sites excluding steroid dienone is 5. The summed E-state index contributed by atoms with van der Waals surface area (Å²) in [5.74, 6) is 0.360. The molecule has 0 bridgehead atoms. The van der Waals surface area contributed by atoms with Gasteiger partial charge in [-0.2, -0.15) is 0 Å². The van der Waals surface area contributed by atoms with Crippen molar-refractivity contribution in [3.8, 4) is 0 Å². The maximum absolute atomic E-state index is 12.8. The summed E-state index contributed by atoms with van der Waals surface area (Å²) in [4.78, 5) is 26.5. The van der Waals surface area contributed by atoms with Gasteiger partial charge in [0.2, 0.25) is 16.9 Å². The minimum Gasteiger partial charge on any atom is -0.320 e. The molecule has 0 aromatic carbocycles. The van der Waals surface area contributed by atoms with Crippen LogP contribution in [0.25, 0.3) is 0 Å². The lowest BCUT2D eigenvalue weighted by Crippen LogP contribution is -2.29. The molecule has 0 radical (unpaired) electrons. The third-order valence-electron chi connectivity index (χ3n) is 7.71. The molecule has 6 nitrogen and oxygen atoms in total. The molecule has 1 aromatic rings. The Bertz CT molecular complexity index is 1190. The first-order valence-corrected chi connectivity index (χ1v) is 14.8. The second-order valence-electron chi connectivity index (χ2n) is 10.3. The van der Waals surface area contributed by atoms with E-state index in [2.05, 4.69) is 74.8 Å². The van der Waals surface area contributed by atoms with E-state index in [0.29, 0.717) is 22.0 Å². The summed E-state index contributed by atoms with van der Waals surface area (Å²) in [7, 11) is 0. The van der Waals surface area contributed by atoms with Crippen molar-refractivity contribution in [2.45, 2.75) is 66.2 Å². The number of hydrogen-bond donors (Lipinski definition) is 2. The summed E-state index contributed by atoms with van der Waals surface area (Å²) < 4.78 is 0. The van der Waals surface area contributed by atoms with Gasteiger partial charge in [0, 0.05) is 6.42 Å². The lowest BCUT2D eigenvalue weighted by molar-refractivity contribution is -0.123. The molecule has 2 aliphatic carbocycles. The highest BCUT2D eigenvalue weighted by Crippen LogP contribution is 2.39. The van der Waals surface area contributed by atoms with Crippen LogP contribution < -0.4 is 10.6 Å². The minimum absolute atomic E-state index is 0.0256. The molecule has 4 atom stereocenters. The lowest BCUT2D eigenvalue weighted by Gasteiger charge is -2.15. The van der Waals surface area contributed by atoms with Crippen molar-refractivity contribution in [3.05, 3.63) is 75.7 Å². The number of amides is 2. The second-order valence-corrected chi connectivity index (χ2v) is 12.7. The van der Waals surface area contributed by atoms with Crippen molar-refractivity contribution in [2.75, 3.05) is 5.32 Å². The average Bonchev–Trinajstić information content (AvgIpc) is 3.52. The molecule has 2 amide bonds. The van der Waals surface area contributed by atoms with Crippen LogP contribution in [0.15, 0.2) is 70.7 Å². The predicted octanol–water partition coefficient (Wildman–Crippen LogP) is 7.34. The number of hydrogen-bond acceptors (Lipinski definition) is 6. The van der Waals surface area contributed by atoms with Crippen LogP contribution in [0.1, 0.15) is 64.8 Å². The van der Waals surface area contributed by atoms with E-state index in [1.54, 1.807) is 12.2 Å².